The minimum Gasteiger partial charge on any atom is -0.384 e. The summed E-state index contributed by atoms with van der Waals surface area (Å²) in [7, 11) is -3.96. The molecule has 28 heavy (non-hydrogen) atoms. The van der Waals surface area contributed by atoms with E-state index in [0.717, 1.165) is 11.1 Å². The molecule has 4 rings (SSSR count). The van der Waals surface area contributed by atoms with E-state index < -0.39 is 15.4 Å². The van der Waals surface area contributed by atoms with Crippen LogP contribution in [0.5, 0.6) is 0 Å². The fraction of sp³-hybridized carbons (Fsp3) is 0.105. The normalized spacial score (nSPS) is 11.8. The van der Waals surface area contributed by atoms with Gasteiger partial charge in [-0.2, -0.15) is 5.10 Å². The number of nitrogens with zero attached hydrogens (tertiary/aromatic N) is 3. The average molecular weight is 395 g/mol. The number of rotatable bonds is 4. The number of aromatic amines is 1. The maximum absolute atomic E-state index is 13.3. The van der Waals surface area contributed by atoms with Crippen LogP contribution in [0.25, 0.3) is 10.9 Å². The van der Waals surface area contributed by atoms with Crippen molar-refractivity contribution in [2.24, 2.45) is 0 Å². The largest absolute Gasteiger partial charge is 0.384 e. The van der Waals surface area contributed by atoms with E-state index in [1.165, 1.54) is 22.9 Å². The van der Waals surface area contributed by atoms with Crippen LogP contribution in [-0.2, 0) is 16.4 Å². The minimum absolute atomic E-state index is 0.0158. The van der Waals surface area contributed by atoms with E-state index in [2.05, 4.69) is 15.2 Å². The number of nitrogen functional groups attached to an aromatic ring is 1. The molecule has 0 unspecified atom stereocenters. The SMILES string of the molecule is Cc1ccc(S(=O)(=O)c2c(N)n(Cc3cccnc3)c3c(=O)[nH]ncc23)cc1. The smallest absolute Gasteiger partial charge is 0.288 e. The van der Waals surface area contributed by atoms with Crippen LogP contribution in [0.15, 0.2) is 69.6 Å². The molecule has 0 fully saturated rings. The molecule has 3 heterocycles. The molecule has 142 valence electrons. The molecule has 0 bridgehead atoms. The molecule has 0 aliphatic heterocycles. The second-order valence-electron chi connectivity index (χ2n) is 6.44. The van der Waals surface area contributed by atoms with Gasteiger partial charge in [-0.3, -0.25) is 9.78 Å². The standard InChI is InChI=1S/C19H17N5O3S/c1-12-4-6-14(7-5-12)28(26,27)17-15-10-22-23-19(25)16(15)24(18(17)20)11-13-3-2-8-21-9-13/h2-10H,11,20H2,1H3,(H,23,25). The van der Waals surface area contributed by atoms with Crippen molar-refractivity contribution >= 4 is 26.6 Å². The highest BCUT2D eigenvalue weighted by molar-refractivity contribution is 7.92. The van der Waals surface area contributed by atoms with E-state index in [-0.39, 0.29) is 33.1 Å². The number of sulfone groups is 1. The quantitative estimate of drug-likeness (QED) is 0.544. The summed E-state index contributed by atoms with van der Waals surface area (Å²) in [6, 6.07) is 10.0. The molecule has 3 N–H and O–H groups in total. The Morgan fingerprint density at radius 3 is 2.57 bits per heavy atom. The number of anilines is 1. The molecule has 0 saturated carbocycles. The third-order valence-corrected chi connectivity index (χ3v) is 6.39. The average Bonchev–Trinajstić information content (AvgIpc) is 2.96. The molecule has 0 radical (unpaired) electrons. The van der Waals surface area contributed by atoms with Crippen LogP contribution < -0.4 is 11.3 Å². The van der Waals surface area contributed by atoms with Crippen molar-refractivity contribution < 1.29 is 8.42 Å². The second-order valence-corrected chi connectivity index (χ2v) is 8.33. The number of hydrogen-bond acceptors (Lipinski definition) is 6. The van der Waals surface area contributed by atoms with Gasteiger partial charge >= 0.3 is 0 Å². The summed E-state index contributed by atoms with van der Waals surface area (Å²) in [5.41, 5.74) is 7.62. The van der Waals surface area contributed by atoms with Crippen LogP contribution in [0.3, 0.4) is 0 Å². The summed E-state index contributed by atoms with van der Waals surface area (Å²) in [5, 5.41) is 6.31. The van der Waals surface area contributed by atoms with Gasteiger partial charge in [-0.1, -0.05) is 23.8 Å². The highest BCUT2D eigenvalue weighted by Crippen LogP contribution is 2.34. The minimum atomic E-state index is -3.96. The van der Waals surface area contributed by atoms with Crippen molar-refractivity contribution in [3.05, 3.63) is 76.5 Å². The number of nitrogens with two attached hydrogens (primary N) is 1. The number of fused-ring (bicyclic) bond motifs is 1. The van der Waals surface area contributed by atoms with Gasteiger partial charge in [-0.25, -0.2) is 13.5 Å². The van der Waals surface area contributed by atoms with Crippen LogP contribution in [0.2, 0.25) is 0 Å². The Morgan fingerprint density at radius 2 is 1.89 bits per heavy atom. The molecular weight excluding hydrogens is 378 g/mol. The van der Waals surface area contributed by atoms with E-state index in [9.17, 15) is 13.2 Å². The zero-order valence-electron chi connectivity index (χ0n) is 15.0. The first-order valence-corrected chi connectivity index (χ1v) is 9.94. The molecule has 0 spiro atoms. The number of aryl methyl sites for hydroxylation is 1. The van der Waals surface area contributed by atoms with Gasteiger partial charge in [0.25, 0.3) is 5.56 Å². The highest BCUT2D eigenvalue weighted by atomic mass is 32.2. The summed E-state index contributed by atoms with van der Waals surface area (Å²) < 4.78 is 28.1. The van der Waals surface area contributed by atoms with Gasteiger partial charge in [0, 0.05) is 17.8 Å². The first-order chi connectivity index (χ1) is 13.4. The fourth-order valence-electron chi connectivity index (χ4n) is 3.16. The zero-order valence-corrected chi connectivity index (χ0v) is 15.8. The third-order valence-electron chi connectivity index (χ3n) is 4.53. The number of aromatic nitrogens is 4. The Morgan fingerprint density at radius 1 is 1.14 bits per heavy atom. The molecule has 4 aromatic rings. The molecule has 0 aliphatic rings. The predicted octanol–water partition coefficient (Wildman–Crippen LogP) is 1.89. The van der Waals surface area contributed by atoms with Gasteiger partial charge in [0.05, 0.1) is 17.6 Å². The van der Waals surface area contributed by atoms with Crippen molar-refractivity contribution in [3.63, 3.8) is 0 Å². The summed E-state index contributed by atoms with van der Waals surface area (Å²) in [4.78, 5) is 16.5. The first-order valence-electron chi connectivity index (χ1n) is 8.45. The maximum Gasteiger partial charge on any atom is 0.288 e. The van der Waals surface area contributed by atoms with Crippen molar-refractivity contribution in [3.8, 4) is 0 Å². The van der Waals surface area contributed by atoms with Crippen LogP contribution in [0, 0.1) is 6.92 Å². The van der Waals surface area contributed by atoms with Crippen LogP contribution in [-0.4, -0.2) is 28.2 Å². The Hall–Kier alpha value is -3.46. The van der Waals surface area contributed by atoms with E-state index in [1.807, 2.05) is 13.0 Å². The van der Waals surface area contributed by atoms with Crippen molar-refractivity contribution in [2.75, 3.05) is 5.73 Å². The predicted molar refractivity (Wildman–Crippen MR) is 105 cm³/mol. The number of pyridine rings is 1. The van der Waals surface area contributed by atoms with Crippen molar-refractivity contribution in [1.82, 2.24) is 19.7 Å². The van der Waals surface area contributed by atoms with E-state index in [4.69, 9.17) is 5.73 Å². The Balaban J connectivity index is 2.00. The molecule has 0 atom stereocenters. The topological polar surface area (TPSA) is 124 Å². The maximum atomic E-state index is 13.3. The van der Waals surface area contributed by atoms with E-state index in [1.54, 1.807) is 30.6 Å². The lowest BCUT2D eigenvalue weighted by molar-refractivity contribution is 0.597. The third kappa shape index (κ3) is 2.85. The lowest BCUT2D eigenvalue weighted by atomic mass is 10.2. The molecule has 8 nitrogen and oxygen atoms in total. The molecule has 9 heteroatoms. The Bertz CT molecular complexity index is 1320. The number of nitrogens with one attached hydrogen (secondary N) is 1. The van der Waals surface area contributed by atoms with Crippen LogP contribution in [0.4, 0.5) is 5.82 Å². The Labute approximate surface area is 160 Å². The number of hydrogen-bond donors (Lipinski definition) is 2. The molecule has 0 saturated heterocycles. The van der Waals surface area contributed by atoms with Gasteiger partial charge in [0.15, 0.2) is 0 Å². The van der Waals surface area contributed by atoms with E-state index >= 15 is 0 Å². The van der Waals surface area contributed by atoms with Crippen LogP contribution >= 0.6 is 0 Å². The summed E-state index contributed by atoms with van der Waals surface area (Å²) in [5.74, 6) is -0.0158. The lowest BCUT2D eigenvalue weighted by Gasteiger charge is -2.08. The second kappa shape index (κ2) is 6.61. The fourth-order valence-corrected chi connectivity index (χ4v) is 4.72. The van der Waals surface area contributed by atoms with Gasteiger partial charge in [0.2, 0.25) is 9.84 Å². The molecule has 1 aromatic carbocycles. The molecular formula is C19H17N5O3S. The molecule has 0 amide bonds. The van der Waals surface area contributed by atoms with Gasteiger partial charge in [0.1, 0.15) is 16.2 Å². The Kier molecular flexibility index (Phi) is 4.23. The van der Waals surface area contributed by atoms with Crippen LogP contribution in [0.1, 0.15) is 11.1 Å². The summed E-state index contributed by atoms with van der Waals surface area (Å²) in [6.07, 6.45) is 4.58. The monoisotopic (exact) mass is 395 g/mol. The highest BCUT2D eigenvalue weighted by Gasteiger charge is 2.29. The molecule has 3 aromatic heterocycles. The summed E-state index contributed by atoms with van der Waals surface area (Å²) in [6.45, 7) is 2.07. The number of benzene rings is 1. The van der Waals surface area contributed by atoms with E-state index in [0.29, 0.717) is 0 Å². The summed E-state index contributed by atoms with van der Waals surface area (Å²) >= 11 is 0. The number of H-pyrrole nitrogens is 1. The van der Waals surface area contributed by atoms with Crippen molar-refractivity contribution in [2.45, 2.75) is 23.3 Å². The first kappa shape index (κ1) is 17.9. The van der Waals surface area contributed by atoms with Crippen molar-refractivity contribution in [1.29, 1.82) is 0 Å². The lowest BCUT2D eigenvalue weighted by Crippen LogP contribution is -2.14. The van der Waals surface area contributed by atoms with Gasteiger partial charge in [-0.15, -0.1) is 0 Å². The molecule has 0 aliphatic carbocycles. The van der Waals surface area contributed by atoms with Gasteiger partial charge in [-0.05, 0) is 30.7 Å². The van der Waals surface area contributed by atoms with Gasteiger partial charge < -0.3 is 10.3 Å². The zero-order chi connectivity index (χ0) is 19.9.